The highest BCUT2D eigenvalue weighted by Gasteiger charge is 2.36. The predicted molar refractivity (Wildman–Crippen MR) is 114 cm³/mol. The molecular weight excluding hydrogens is 452 g/mol. The van der Waals surface area contributed by atoms with Crippen LogP contribution in [-0.2, 0) is 12.7 Å². The van der Waals surface area contributed by atoms with Crippen molar-refractivity contribution in [1.29, 1.82) is 0 Å². The lowest BCUT2D eigenvalue weighted by atomic mass is 10.1. The fraction of sp³-hybridized carbons (Fsp3) is 0.130. The van der Waals surface area contributed by atoms with Crippen LogP contribution in [0.1, 0.15) is 21.9 Å². The van der Waals surface area contributed by atoms with E-state index in [0.717, 1.165) is 18.2 Å². The third kappa shape index (κ3) is 3.96. The Labute approximate surface area is 189 Å². The van der Waals surface area contributed by atoms with Gasteiger partial charge in [-0.25, -0.2) is 18.9 Å². The van der Waals surface area contributed by atoms with E-state index in [-0.39, 0.29) is 23.6 Å². The van der Waals surface area contributed by atoms with Gasteiger partial charge < -0.3 is 9.30 Å². The monoisotopic (exact) mass is 468 g/mol. The van der Waals surface area contributed by atoms with Crippen LogP contribution in [0.15, 0.2) is 67.0 Å². The highest BCUT2D eigenvalue weighted by atomic mass is 19.4. The third-order valence-electron chi connectivity index (χ3n) is 5.24. The van der Waals surface area contributed by atoms with E-state index < -0.39 is 23.6 Å². The number of halogens is 4. The van der Waals surface area contributed by atoms with Crippen molar-refractivity contribution in [3.8, 4) is 11.3 Å². The lowest BCUT2D eigenvalue weighted by molar-refractivity contribution is -0.142. The van der Waals surface area contributed by atoms with Gasteiger partial charge in [0.2, 0.25) is 0 Å². The topological polar surface area (TPSA) is 67.8 Å². The Bertz CT molecular complexity index is 1490. The van der Waals surface area contributed by atoms with Crippen LogP contribution in [-0.4, -0.2) is 41.8 Å². The van der Waals surface area contributed by atoms with Gasteiger partial charge in [0, 0.05) is 31.1 Å². The summed E-state index contributed by atoms with van der Waals surface area (Å²) in [4.78, 5) is 22.9. The smallest absolute Gasteiger partial charge is 0.334 e. The van der Waals surface area contributed by atoms with Crippen molar-refractivity contribution in [2.45, 2.75) is 12.7 Å². The van der Waals surface area contributed by atoms with Gasteiger partial charge >= 0.3 is 6.18 Å². The number of aromatic nitrogens is 5. The molecule has 0 saturated heterocycles. The van der Waals surface area contributed by atoms with Crippen LogP contribution in [0.5, 0.6) is 0 Å². The molecule has 34 heavy (non-hydrogen) atoms. The van der Waals surface area contributed by atoms with Crippen molar-refractivity contribution in [2.75, 3.05) is 7.05 Å². The van der Waals surface area contributed by atoms with Crippen LogP contribution in [0.4, 0.5) is 17.6 Å². The maximum atomic E-state index is 13.8. The maximum Gasteiger partial charge on any atom is 0.433 e. The van der Waals surface area contributed by atoms with E-state index in [9.17, 15) is 22.4 Å². The number of pyridine rings is 1. The molecule has 4 aromatic heterocycles. The highest BCUT2D eigenvalue weighted by molar-refractivity contribution is 5.93. The number of carbonyl (C=O) groups excluding carboxylic acids is 1. The van der Waals surface area contributed by atoms with Crippen molar-refractivity contribution >= 4 is 17.2 Å². The van der Waals surface area contributed by atoms with Gasteiger partial charge in [-0.1, -0.05) is 6.07 Å². The molecule has 0 aliphatic carbocycles. The Morgan fingerprint density at radius 2 is 1.79 bits per heavy atom. The number of amides is 1. The summed E-state index contributed by atoms with van der Waals surface area (Å²) in [6.07, 6.45) is -1.18. The second kappa shape index (κ2) is 7.94. The Morgan fingerprint density at radius 1 is 1.03 bits per heavy atom. The van der Waals surface area contributed by atoms with Crippen LogP contribution in [0.3, 0.4) is 0 Å². The molecule has 0 saturated carbocycles. The molecule has 0 atom stereocenters. The Hall–Kier alpha value is -4.28. The van der Waals surface area contributed by atoms with E-state index in [2.05, 4.69) is 15.1 Å². The molecule has 0 unspecified atom stereocenters. The van der Waals surface area contributed by atoms with Gasteiger partial charge in [-0.3, -0.25) is 4.79 Å². The molecule has 7 nitrogen and oxygen atoms in total. The minimum Gasteiger partial charge on any atom is -0.334 e. The van der Waals surface area contributed by atoms with Crippen molar-refractivity contribution in [2.24, 2.45) is 0 Å². The largest absolute Gasteiger partial charge is 0.433 e. The standard InChI is InChI=1S/C23H16F4N6O/c1-31(12-16-13-32-9-3-2-4-20(32)28-16)22(34)18-11-21-29-17(14-5-7-15(24)8-6-14)10-19(23(25,26)27)33(21)30-18/h2-11,13H,12H2,1H3. The van der Waals surface area contributed by atoms with Crippen LogP contribution in [0.2, 0.25) is 0 Å². The summed E-state index contributed by atoms with van der Waals surface area (Å²) in [7, 11) is 1.51. The second-order valence-corrected chi connectivity index (χ2v) is 7.69. The highest BCUT2D eigenvalue weighted by Crippen LogP contribution is 2.32. The maximum absolute atomic E-state index is 13.8. The lowest BCUT2D eigenvalue weighted by Crippen LogP contribution is -2.27. The van der Waals surface area contributed by atoms with E-state index in [1.807, 2.05) is 24.4 Å². The Kier molecular flexibility index (Phi) is 5.03. The Morgan fingerprint density at radius 3 is 2.50 bits per heavy atom. The van der Waals surface area contributed by atoms with Gasteiger partial charge in [0.25, 0.3) is 5.91 Å². The fourth-order valence-corrected chi connectivity index (χ4v) is 3.62. The van der Waals surface area contributed by atoms with Gasteiger partial charge in [-0.2, -0.15) is 18.3 Å². The molecule has 0 radical (unpaired) electrons. The fourth-order valence-electron chi connectivity index (χ4n) is 3.62. The van der Waals surface area contributed by atoms with Gasteiger partial charge in [0.1, 0.15) is 11.5 Å². The number of nitrogens with zero attached hydrogens (tertiary/aromatic N) is 6. The number of carbonyl (C=O) groups is 1. The van der Waals surface area contributed by atoms with E-state index in [1.165, 1.54) is 30.1 Å². The summed E-state index contributed by atoms with van der Waals surface area (Å²) in [5, 5.41) is 3.89. The number of benzene rings is 1. The van der Waals surface area contributed by atoms with Crippen LogP contribution in [0.25, 0.3) is 22.6 Å². The summed E-state index contributed by atoms with van der Waals surface area (Å²) in [6.45, 7) is 0.134. The molecule has 5 aromatic rings. The summed E-state index contributed by atoms with van der Waals surface area (Å²) < 4.78 is 57.0. The molecule has 5 rings (SSSR count). The number of alkyl halides is 3. The van der Waals surface area contributed by atoms with Crippen molar-refractivity contribution in [1.82, 2.24) is 28.9 Å². The SMILES string of the molecule is CN(Cc1cn2ccccc2n1)C(=O)c1cc2nc(-c3ccc(F)cc3)cc(C(F)(F)F)n2n1. The molecule has 1 amide bonds. The molecule has 0 aliphatic rings. The molecule has 0 aliphatic heterocycles. The van der Waals surface area contributed by atoms with Gasteiger partial charge in [-0.05, 0) is 42.5 Å². The Balaban J connectivity index is 1.50. The van der Waals surface area contributed by atoms with Gasteiger partial charge in [0.15, 0.2) is 17.0 Å². The third-order valence-corrected chi connectivity index (χ3v) is 5.24. The molecule has 4 heterocycles. The van der Waals surface area contributed by atoms with Gasteiger partial charge in [0.05, 0.1) is 17.9 Å². The lowest BCUT2D eigenvalue weighted by Gasteiger charge is -2.14. The zero-order valence-electron chi connectivity index (χ0n) is 17.7. The molecule has 172 valence electrons. The van der Waals surface area contributed by atoms with Crippen LogP contribution >= 0.6 is 0 Å². The van der Waals surface area contributed by atoms with Crippen molar-refractivity contribution in [3.05, 3.63) is 89.9 Å². The van der Waals surface area contributed by atoms with Crippen molar-refractivity contribution < 1.29 is 22.4 Å². The first-order valence-corrected chi connectivity index (χ1v) is 10.1. The number of hydrogen-bond acceptors (Lipinski definition) is 4. The van der Waals surface area contributed by atoms with E-state index in [4.69, 9.17) is 0 Å². The molecule has 11 heteroatoms. The average molecular weight is 468 g/mol. The zero-order valence-corrected chi connectivity index (χ0v) is 17.7. The first-order valence-electron chi connectivity index (χ1n) is 10.1. The van der Waals surface area contributed by atoms with E-state index >= 15 is 0 Å². The summed E-state index contributed by atoms with van der Waals surface area (Å²) in [5.74, 6) is -1.11. The van der Waals surface area contributed by atoms with Crippen LogP contribution < -0.4 is 0 Å². The number of imidazole rings is 1. The van der Waals surface area contributed by atoms with Crippen molar-refractivity contribution in [3.63, 3.8) is 0 Å². The zero-order chi connectivity index (χ0) is 24.0. The molecule has 0 bridgehead atoms. The predicted octanol–water partition coefficient (Wildman–Crippen LogP) is 4.47. The number of rotatable bonds is 4. The molecule has 1 aromatic carbocycles. The van der Waals surface area contributed by atoms with Gasteiger partial charge in [-0.15, -0.1) is 0 Å². The summed E-state index contributed by atoms with van der Waals surface area (Å²) >= 11 is 0. The van der Waals surface area contributed by atoms with E-state index in [0.29, 0.717) is 21.4 Å². The number of hydrogen-bond donors (Lipinski definition) is 0. The van der Waals surface area contributed by atoms with E-state index in [1.54, 1.807) is 10.6 Å². The molecule has 0 spiro atoms. The summed E-state index contributed by atoms with van der Waals surface area (Å²) in [6, 6.07) is 12.4. The minimum absolute atomic E-state index is 0.0169. The number of fused-ring (bicyclic) bond motifs is 2. The second-order valence-electron chi connectivity index (χ2n) is 7.69. The normalized spacial score (nSPS) is 11.9. The first-order chi connectivity index (χ1) is 16.2. The minimum atomic E-state index is -4.76. The molecular formula is C23H16F4N6O. The van der Waals surface area contributed by atoms with Crippen LogP contribution in [0, 0.1) is 5.82 Å². The molecule has 0 fully saturated rings. The molecule has 0 N–H and O–H groups in total. The quantitative estimate of drug-likeness (QED) is 0.365. The average Bonchev–Trinajstić information content (AvgIpc) is 3.41. The summed E-state index contributed by atoms with van der Waals surface area (Å²) in [5.41, 5.74) is 0.152. The first kappa shape index (κ1) is 21.6.